The fourth-order valence-corrected chi connectivity index (χ4v) is 8.94. The van der Waals surface area contributed by atoms with Crippen LogP contribution in [-0.2, 0) is 30.5 Å². The third-order valence-electron chi connectivity index (χ3n) is 12.0. The number of aliphatic hydroxyl groups excluding tert-OH is 1. The van der Waals surface area contributed by atoms with Gasteiger partial charge >= 0.3 is 0 Å². The Balaban J connectivity index is 0.836. The molecule has 5 aromatic rings. The lowest BCUT2D eigenvalue weighted by Crippen LogP contribution is -2.58. The number of aliphatic hydroxyl groups is 1. The fourth-order valence-electron chi connectivity index (χ4n) is 8.22. The molecule has 360 valence electrons. The van der Waals surface area contributed by atoms with Gasteiger partial charge in [-0.05, 0) is 97.4 Å². The highest BCUT2D eigenvalue weighted by Gasteiger charge is 2.51. The van der Waals surface area contributed by atoms with Gasteiger partial charge in [0.25, 0.3) is 5.91 Å². The number of carbonyl (C=O) groups is 4. The molecule has 2 fully saturated rings. The highest BCUT2D eigenvalue weighted by Crippen LogP contribution is 2.40. The second-order valence-corrected chi connectivity index (χ2v) is 19.2. The summed E-state index contributed by atoms with van der Waals surface area (Å²) in [4.78, 5) is 62.1. The minimum atomic E-state index is -1.15. The number of aromatic nitrogens is 1. The van der Waals surface area contributed by atoms with Gasteiger partial charge in [-0.15, -0.1) is 0 Å². The Morgan fingerprint density at radius 2 is 1.65 bits per heavy atom. The van der Waals surface area contributed by atoms with Crippen molar-refractivity contribution < 1.29 is 42.6 Å². The first-order valence-electron chi connectivity index (χ1n) is 22.4. The Bertz CT molecular complexity index is 2720. The number of unbranched alkanes of at least 4 members (excludes halogenated alkanes) is 1. The molecule has 3 N–H and O–H groups in total. The van der Waals surface area contributed by atoms with Gasteiger partial charge < -0.3 is 39.4 Å². The molecule has 4 aromatic carbocycles. The maximum atomic E-state index is 15.3. The summed E-state index contributed by atoms with van der Waals surface area (Å²) in [6.07, 6.45) is 3.42. The van der Waals surface area contributed by atoms with Crippen LogP contribution in [0, 0.1) is 22.6 Å². The van der Waals surface area contributed by atoms with Crippen LogP contribution in [0.2, 0.25) is 5.02 Å². The average Bonchev–Trinajstić information content (AvgIpc) is 4.05. The number of amides is 4. The molecule has 3 heterocycles. The van der Waals surface area contributed by atoms with E-state index in [4.69, 9.17) is 37.7 Å². The van der Waals surface area contributed by atoms with E-state index >= 15 is 4.39 Å². The molecule has 7 rings (SSSR count). The van der Waals surface area contributed by atoms with Gasteiger partial charge in [0.1, 0.15) is 36.0 Å². The smallest absolute Gasteiger partial charge is 0.259 e. The van der Waals surface area contributed by atoms with Gasteiger partial charge in [-0.25, -0.2) is 9.37 Å². The number of carbonyl (C=O) groups excluding carboxylic acids is 4. The summed E-state index contributed by atoms with van der Waals surface area (Å²) in [6.45, 7) is 9.48. The Kier molecular flexibility index (Phi) is 15.5. The van der Waals surface area contributed by atoms with E-state index in [9.17, 15) is 29.5 Å². The fraction of sp³-hybridized carbons (Fsp3) is 0.353. The lowest BCUT2D eigenvalue weighted by Gasteiger charge is -2.35. The highest BCUT2D eigenvalue weighted by molar-refractivity contribution is 7.81. The number of hydrogen-bond acceptors (Lipinski definition) is 11. The van der Waals surface area contributed by atoms with E-state index in [1.54, 1.807) is 24.9 Å². The van der Waals surface area contributed by atoms with Crippen molar-refractivity contribution >= 4 is 63.9 Å². The number of anilines is 2. The zero-order valence-electron chi connectivity index (χ0n) is 38.8. The highest BCUT2D eigenvalue weighted by atomic mass is 35.5. The zero-order chi connectivity index (χ0) is 49.6. The number of halogens is 2. The molecule has 69 heavy (non-hydrogen) atoms. The molecule has 2 aliphatic rings. The number of oxazole rings is 1. The number of nitrogens with zero attached hydrogens (tertiary/aromatic N) is 5. The van der Waals surface area contributed by atoms with Crippen molar-refractivity contribution in [1.82, 2.24) is 20.5 Å². The van der Waals surface area contributed by atoms with Crippen LogP contribution in [0.15, 0.2) is 102 Å². The lowest BCUT2D eigenvalue weighted by atomic mass is 9.85. The quantitative estimate of drug-likeness (QED) is 0.0613. The molecule has 15 nitrogen and oxygen atoms in total. The molecular formula is C51H53ClFN7O8S. The predicted molar refractivity (Wildman–Crippen MR) is 261 cm³/mol. The number of nitriles is 1. The summed E-state index contributed by atoms with van der Waals surface area (Å²) >= 11 is 11.8. The average molecular weight is 979 g/mol. The van der Waals surface area contributed by atoms with E-state index < -0.39 is 58.6 Å². The number of thiocarbonyl (C=S) groups is 1. The number of rotatable bonds is 17. The molecule has 3 atom stereocenters. The van der Waals surface area contributed by atoms with Gasteiger partial charge in [0.05, 0.1) is 35.2 Å². The van der Waals surface area contributed by atoms with Gasteiger partial charge in [0.15, 0.2) is 23.1 Å². The predicted octanol–water partition coefficient (Wildman–Crippen LogP) is 7.57. The molecule has 0 bridgehead atoms. The lowest BCUT2D eigenvalue weighted by molar-refractivity contribution is -0.144. The number of β-amino-alcohol motifs (C(OH)–C–C–N with tert-alkyl or cyclic N) is 1. The largest absolute Gasteiger partial charge is 0.494 e. The van der Waals surface area contributed by atoms with Crippen LogP contribution < -0.4 is 25.2 Å². The monoisotopic (exact) mass is 977 g/mol. The van der Waals surface area contributed by atoms with Crippen molar-refractivity contribution in [2.75, 3.05) is 36.2 Å². The summed E-state index contributed by atoms with van der Waals surface area (Å²) in [5.74, 6) is -1.38. The molecule has 0 aliphatic carbocycles. The summed E-state index contributed by atoms with van der Waals surface area (Å²) < 4.78 is 32.2. The first kappa shape index (κ1) is 50.2. The summed E-state index contributed by atoms with van der Waals surface area (Å²) in [7, 11) is 0. The molecule has 0 radical (unpaired) electrons. The van der Waals surface area contributed by atoms with E-state index in [-0.39, 0.29) is 54.1 Å². The summed E-state index contributed by atoms with van der Waals surface area (Å²) in [5.41, 5.74) is 2.11. The van der Waals surface area contributed by atoms with E-state index in [1.807, 2.05) is 99.6 Å². The van der Waals surface area contributed by atoms with Crippen LogP contribution in [0.5, 0.6) is 5.75 Å². The number of likely N-dealkylation sites (tertiary alicyclic amines) is 1. The second kappa shape index (κ2) is 21.3. The van der Waals surface area contributed by atoms with Gasteiger partial charge in [-0.3, -0.25) is 24.1 Å². The zero-order valence-corrected chi connectivity index (χ0v) is 40.4. The standard InChI is InChI=1S/C51H53ClFN7O8S/c1-50(2,3)45(47(64)58-28-37(61)24-40(58)46(63)56-26-31-8-10-34(11-9-31)41-27-55-30-68-41)57-42(62)29-66-22-6-7-23-67-38-19-14-33(15-20-38)32-12-17-36(18-13-32)60-49(69)59(48(65)51(60,4)5)39-21-16-35(25-54)43(52)44(39)53/h8-21,27,30,37,40,45,61H,6-7,22-24,26,28-29H2,1-5H3,(H,56,63)(H,57,62)/t37-,40+,45?/m1/s1. The minimum Gasteiger partial charge on any atom is -0.494 e. The molecule has 1 unspecified atom stereocenters. The van der Waals surface area contributed by atoms with Gasteiger partial charge in [0.2, 0.25) is 17.7 Å². The van der Waals surface area contributed by atoms with Crippen molar-refractivity contribution in [3.63, 3.8) is 0 Å². The molecule has 2 aliphatic heterocycles. The van der Waals surface area contributed by atoms with Crippen LogP contribution in [0.3, 0.4) is 0 Å². The Morgan fingerprint density at radius 3 is 2.29 bits per heavy atom. The molecule has 0 spiro atoms. The molecule has 0 saturated carbocycles. The number of ether oxygens (including phenoxy) is 2. The molecule has 1 aromatic heterocycles. The second-order valence-electron chi connectivity index (χ2n) is 18.4. The Hall–Kier alpha value is -6.71. The first-order chi connectivity index (χ1) is 32.9. The molecular weight excluding hydrogens is 925 g/mol. The van der Waals surface area contributed by atoms with E-state index in [0.717, 1.165) is 27.2 Å². The van der Waals surface area contributed by atoms with Gasteiger partial charge in [-0.1, -0.05) is 80.9 Å². The minimum absolute atomic E-state index is 0.0354. The van der Waals surface area contributed by atoms with Crippen LogP contribution >= 0.6 is 23.8 Å². The summed E-state index contributed by atoms with van der Waals surface area (Å²) in [5, 5.41) is 25.2. The third-order valence-corrected chi connectivity index (χ3v) is 12.7. The molecule has 4 amide bonds. The van der Waals surface area contributed by atoms with E-state index in [1.165, 1.54) is 23.4 Å². The normalized spacial score (nSPS) is 17.2. The molecule has 2 saturated heterocycles. The van der Waals surface area contributed by atoms with Gasteiger partial charge in [-0.2, -0.15) is 5.26 Å². The van der Waals surface area contributed by atoms with Crippen LogP contribution in [0.4, 0.5) is 15.8 Å². The maximum Gasteiger partial charge on any atom is 0.259 e. The topological polar surface area (TPSA) is 191 Å². The molecule has 18 heteroatoms. The first-order valence-corrected chi connectivity index (χ1v) is 23.2. The SMILES string of the molecule is CC(C)(C)C(NC(=O)COCCCCOc1ccc(-c2ccc(N3C(=S)N(c4ccc(C#N)c(Cl)c4F)C(=O)C3(C)C)cc2)cc1)C(=O)N1C[C@H](O)C[C@H]1C(=O)NCc1ccc(-c2cnco2)cc1. The van der Waals surface area contributed by atoms with Crippen molar-refractivity contribution in [2.45, 2.75) is 84.2 Å². The van der Waals surface area contributed by atoms with Crippen molar-refractivity contribution in [1.29, 1.82) is 5.26 Å². The number of nitrogens with one attached hydrogen (secondary N) is 2. The third kappa shape index (κ3) is 11.3. The van der Waals surface area contributed by atoms with Gasteiger partial charge in [0, 0.05) is 37.4 Å². The van der Waals surface area contributed by atoms with Crippen molar-refractivity contribution in [3.05, 3.63) is 119 Å². The van der Waals surface area contributed by atoms with E-state index in [2.05, 4.69) is 15.6 Å². The number of hydrogen-bond donors (Lipinski definition) is 3. The maximum absolute atomic E-state index is 15.3. The van der Waals surface area contributed by atoms with Crippen LogP contribution in [0.25, 0.3) is 22.5 Å². The van der Waals surface area contributed by atoms with E-state index in [0.29, 0.717) is 36.6 Å². The van der Waals surface area contributed by atoms with Crippen molar-refractivity contribution in [3.8, 4) is 34.3 Å². The van der Waals surface area contributed by atoms with Crippen LogP contribution in [0.1, 0.15) is 65.0 Å². The van der Waals surface area contributed by atoms with Crippen molar-refractivity contribution in [2.24, 2.45) is 5.41 Å². The Morgan fingerprint density at radius 1 is 1.00 bits per heavy atom. The summed E-state index contributed by atoms with van der Waals surface area (Å²) in [6, 6.07) is 25.1. The number of benzene rings is 4. The van der Waals surface area contributed by atoms with Crippen LogP contribution in [-0.4, -0.2) is 93.8 Å². The Labute approximate surface area is 410 Å².